The van der Waals surface area contributed by atoms with E-state index in [1.165, 1.54) is 18.5 Å². The number of alkyl halides is 1. The van der Waals surface area contributed by atoms with E-state index < -0.39 is 5.41 Å². The lowest BCUT2D eigenvalue weighted by molar-refractivity contribution is -0.122. The number of nitrogens with two attached hydrogens (primary N) is 1. The fourth-order valence-corrected chi connectivity index (χ4v) is 3.07. The Hall–Kier alpha value is -3.79. The molecule has 33 heavy (non-hydrogen) atoms. The molecule has 0 atom stereocenters. The Morgan fingerprint density at radius 3 is 2.73 bits per heavy atom. The van der Waals surface area contributed by atoms with Crippen molar-refractivity contribution in [2.75, 3.05) is 16.9 Å². The fourth-order valence-electron chi connectivity index (χ4n) is 2.95. The summed E-state index contributed by atoms with van der Waals surface area (Å²) in [6.45, 7) is 3.59. The van der Waals surface area contributed by atoms with E-state index in [4.69, 9.17) is 21.9 Å². The van der Waals surface area contributed by atoms with Crippen molar-refractivity contribution in [3.05, 3.63) is 60.2 Å². The highest BCUT2D eigenvalue weighted by Gasteiger charge is 2.27. The number of rotatable bonds is 7. The van der Waals surface area contributed by atoms with Crippen molar-refractivity contribution < 1.29 is 13.7 Å². The van der Waals surface area contributed by atoms with E-state index in [2.05, 4.69) is 25.5 Å². The van der Waals surface area contributed by atoms with Crippen LogP contribution in [0.5, 0.6) is 0 Å². The minimum Gasteiger partial charge on any atom is -0.382 e. The lowest BCUT2D eigenvalue weighted by Gasteiger charge is -2.20. The van der Waals surface area contributed by atoms with E-state index in [0.29, 0.717) is 22.6 Å². The summed E-state index contributed by atoms with van der Waals surface area (Å²) in [6.07, 6.45) is 2.84. The Morgan fingerprint density at radius 1 is 1.27 bits per heavy atom. The summed E-state index contributed by atoms with van der Waals surface area (Å²) in [5.74, 6) is -0.198. The molecule has 0 aliphatic heterocycles. The topological polar surface area (TPSA) is 125 Å². The fraction of sp³-hybridized carbons (Fsp3) is 0.227. The number of nitrogen functional groups attached to an aromatic ring is 1. The molecular formula is C22H21ClFN7O2. The van der Waals surface area contributed by atoms with Crippen LogP contribution in [0, 0.1) is 11.2 Å². The SMILES string of the molecule is CC(C)(CCl)C(=O)Nc1cnc(-c2cc(-c3ccon3)n(Cc3ccccc3F)n2)nc1N. The molecule has 0 fully saturated rings. The first-order valence-corrected chi connectivity index (χ1v) is 10.5. The zero-order valence-corrected chi connectivity index (χ0v) is 18.7. The second-order valence-corrected chi connectivity index (χ2v) is 8.28. The molecule has 1 aromatic carbocycles. The van der Waals surface area contributed by atoms with Gasteiger partial charge in [-0.1, -0.05) is 23.4 Å². The molecule has 0 radical (unpaired) electrons. The lowest BCUT2D eigenvalue weighted by atomic mass is 9.95. The van der Waals surface area contributed by atoms with Crippen LogP contribution < -0.4 is 11.1 Å². The van der Waals surface area contributed by atoms with Gasteiger partial charge in [-0.05, 0) is 26.0 Å². The number of anilines is 2. The normalized spacial score (nSPS) is 11.5. The Kier molecular flexibility index (Phi) is 6.10. The van der Waals surface area contributed by atoms with Crippen molar-refractivity contribution in [2.45, 2.75) is 20.4 Å². The van der Waals surface area contributed by atoms with Crippen LogP contribution in [0.3, 0.4) is 0 Å². The van der Waals surface area contributed by atoms with Crippen LogP contribution in [0.2, 0.25) is 0 Å². The Bertz CT molecular complexity index is 1290. The van der Waals surface area contributed by atoms with Crippen molar-refractivity contribution >= 4 is 29.0 Å². The third kappa shape index (κ3) is 4.70. The summed E-state index contributed by atoms with van der Waals surface area (Å²) in [5, 5.41) is 11.2. The maximum Gasteiger partial charge on any atom is 0.231 e. The molecule has 3 N–H and O–H groups in total. The molecular weight excluding hydrogens is 449 g/mol. The number of nitrogens with zero attached hydrogens (tertiary/aromatic N) is 5. The first kappa shape index (κ1) is 22.4. The number of carbonyl (C=O) groups excluding carboxylic acids is 1. The second kappa shape index (κ2) is 8.99. The first-order chi connectivity index (χ1) is 15.8. The predicted octanol–water partition coefficient (Wildman–Crippen LogP) is 3.97. The summed E-state index contributed by atoms with van der Waals surface area (Å²) >= 11 is 5.86. The summed E-state index contributed by atoms with van der Waals surface area (Å²) in [4.78, 5) is 21.0. The molecule has 0 saturated carbocycles. The third-order valence-electron chi connectivity index (χ3n) is 5.00. The van der Waals surface area contributed by atoms with Gasteiger partial charge in [0.1, 0.15) is 29.2 Å². The van der Waals surface area contributed by atoms with Gasteiger partial charge in [-0.3, -0.25) is 9.48 Å². The highest BCUT2D eigenvalue weighted by molar-refractivity contribution is 6.20. The molecule has 0 bridgehead atoms. The van der Waals surface area contributed by atoms with Crippen LogP contribution in [0.25, 0.3) is 22.9 Å². The van der Waals surface area contributed by atoms with Crippen LogP contribution in [0.1, 0.15) is 19.4 Å². The Labute approximate surface area is 193 Å². The van der Waals surface area contributed by atoms with E-state index in [9.17, 15) is 9.18 Å². The van der Waals surface area contributed by atoms with Crippen molar-refractivity contribution in [3.63, 3.8) is 0 Å². The van der Waals surface area contributed by atoms with Crippen molar-refractivity contribution in [3.8, 4) is 22.9 Å². The number of hydrogen-bond donors (Lipinski definition) is 2. The zero-order valence-electron chi connectivity index (χ0n) is 17.9. The van der Waals surface area contributed by atoms with Gasteiger partial charge in [0.15, 0.2) is 11.6 Å². The van der Waals surface area contributed by atoms with Gasteiger partial charge >= 0.3 is 0 Å². The predicted molar refractivity (Wildman–Crippen MR) is 122 cm³/mol. The lowest BCUT2D eigenvalue weighted by Crippen LogP contribution is -2.32. The summed E-state index contributed by atoms with van der Waals surface area (Å²) in [6, 6.07) is 9.82. The van der Waals surface area contributed by atoms with Crippen LogP contribution >= 0.6 is 11.6 Å². The van der Waals surface area contributed by atoms with Crippen LogP contribution in [-0.2, 0) is 11.3 Å². The molecule has 0 saturated heterocycles. The van der Waals surface area contributed by atoms with Gasteiger partial charge in [0.05, 0.1) is 23.9 Å². The average Bonchev–Trinajstić information content (AvgIpc) is 3.46. The molecule has 3 aromatic heterocycles. The quantitative estimate of drug-likeness (QED) is 0.392. The molecule has 9 nitrogen and oxygen atoms in total. The maximum atomic E-state index is 14.2. The van der Waals surface area contributed by atoms with Crippen molar-refractivity contribution in [1.29, 1.82) is 0 Å². The largest absolute Gasteiger partial charge is 0.382 e. The number of halogens is 2. The van der Waals surface area contributed by atoms with Crippen LogP contribution in [0.15, 0.2) is 53.4 Å². The number of carbonyl (C=O) groups is 1. The highest BCUT2D eigenvalue weighted by atomic mass is 35.5. The third-order valence-corrected chi connectivity index (χ3v) is 5.67. The Balaban J connectivity index is 1.67. The van der Waals surface area contributed by atoms with E-state index in [-0.39, 0.29) is 41.5 Å². The Morgan fingerprint density at radius 2 is 2.06 bits per heavy atom. The zero-order chi connectivity index (χ0) is 23.6. The number of aromatic nitrogens is 5. The van der Waals surface area contributed by atoms with Gasteiger partial charge in [-0.25, -0.2) is 14.4 Å². The molecule has 11 heteroatoms. The molecule has 4 aromatic rings. The molecule has 4 rings (SSSR count). The number of amides is 1. The van der Waals surface area contributed by atoms with Crippen molar-refractivity contribution in [2.24, 2.45) is 5.41 Å². The minimum absolute atomic E-state index is 0.0744. The second-order valence-electron chi connectivity index (χ2n) is 8.01. The molecule has 0 aliphatic rings. The van der Waals surface area contributed by atoms with Crippen molar-refractivity contribution in [1.82, 2.24) is 24.9 Å². The van der Waals surface area contributed by atoms with E-state index in [0.717, 1.165) is 0 Å². The average molecular weight is 470 g/mol. The van der Waals surface area contributed by atoms with Gasteiger partial charge in [-0.15, -0.1) is 11.6 Å². The molecule has 0 aliphatic carbocycles. The number of hydrogen-bond acceptors (Lipinski definition) is 7. The summed E-state index contributed by atoms with van der Waals surface area (Å²) < 4.78 is 20.8. The maximum absolute atomic E-state index is 14.2. The number of benzene rings is 1. The van der Waals surface area contributed by atoms with Gasteiger partial charge in [-0.2, -0.15) is 5.10 Å². The van der Waals surface area contributed by atoms with Gasteiger partial charge in [0.25, 0.3) is 0 Å². The van der Waals surface area contributed by atoms with Crippen LogP contribution in [-0.4, -0.2) is 36.7 Å². The van der Waals surface area contributed by atoms with E-state index in [1.54, 1.807) is 48.9 Å². The minimum atomic E-state index is -0.787. The van der Waals surface area contributed by atoms with Gasteiger partial charge in [0, 0.05) is 17.5 Å². The smallest absolute Gasteiger partial charge is 0.231 e. The molecule has 3 heterocycles. The molecule has 0 unspecified atom stereocenters. The monoisotopic (exact) mass is 469 g/mol. The van der Waals surface area contributed by atoms with Gasteiger partial charge < -0.3 is 15.6 Å². The molecule has 170 valence electrons. The van der Waals surface area contributed by atoms with E-state index >= 15 is 0 Å². The summed E-state index contributed by atoms with van der Waals surface area (Å²) in [7, 11) is 0. The summed E-state index contributed by atoms with van der Waals surface area (Å²) in [5.41, 5.74) is 7.51. The molecule has 0 spiro atoms. The first-order valence-electron chi connectivity index (χ1n) is 10.0. The van der Waals surface area contributed by atoms with Gasteiger partial charge in [0.2, 0.25) is 5.91 Å². The molecule has 1 amide bonds. The van der Waals surface area contributed by atoms with E-state index in [1.807, 2.05) is 0 Å². The van der Waals surface area contributed by atoms with Crippen LogP contribution in [0.4, 0.5) is 15.9 Å². The standard InChI is InChI=1S/C22H21ClFN7O2/c1-22(2,12-23)21(32)27-17-10-26-20(28-19(17)25)16-9-18(15-7-8-33-30-15)31(29-16)11-13-5-3-4-6-14(13)24/h3-10H,11-12H2,1-2H3,(H,27,32)(H2,25,26,28). The highest BCUT2D eigenvalue weighted by Crippen LogP contribution is 2.27. The number of nitrogens with one attached hydrogen (secondary N) is 1.